The molecule has 0 bridgehead atoms. The first-order valence-electron chi connectivity index (χ1n) is 7.41. The molecule has 0 amide bonds. The highest BCUT2D eigenvalue weighted by Crippen LogP contribution is 2.36. The molecule has 0 aliphatic carbocycles. The van der Waals surface area contributed by atoms with Crippen molar-refractivity contribution in [2.45, 2.75) is 45.4 Å². The van der Waals surface area contributed by atoms with Gasteiger partial charge in [-0.05, 0) is 30.5 Å². The largest absolute Gasteiger partial charge is 0.383 e. The number of hydrogen-bond acceptors (Lipinski definition) is 3. The molecule has 0 spiro atoms. The zero-order chi connectivity index (χ0) is 14.5. The Morgan fingerprint density at radius 2 is 1.95 bits per heavy atom. The Morgan fingerprint density at radius 1 is 1.25 bits per heavy atom. The lowest BCUT2D eigenvalue weighted by Gasteiger charge is -2.14. The number of nitrogens with two attached hydrogens (primary N) is 1. The maximum absolute atomic E-state index is 6.24. The average Bonchev–Trinajstić information content (AvgIpc) is 2.77. The van der Waals surface area contributed by atoms with Crippen molar-refractivity contribution in [3.8, 4) is 11.1 Å². The van der Waals surface area contributed by atoms with Crippen molar-refractivity contribution in [1.29, 1.82) is 0 Å². The summed E-state index contributed by atoms with van der Waals surface area (Å²) < 4.78 is 1.79. The van der Waals surface area contributed by atoms with Gasteiger partial charge >= 0.3 is 0 Å². The number of unbranched alkanes of at least 4 members (excludes halogenated alkanes) is 1. The van der Waals surface area contributed by atoms with Crippen LogP contribution in [0.15, 0.2) is 24.5 Å². The van der Waals surface area contributed by atoms with E-state index in [-0.39, 0.29) is 0 Å². The zero-order valence-corrected chi connectivity index (χ0v) is 12.6. The van der Waals surface area contributed by atoms with Gasteiger partial charge in [-0.25, -0.2) is 0 Å². The first-order valence-corrected chi connectivity index (χ1v) is 7.41. The van der Waals surface area contributed by atoms with Gasteiger partial charge < -0.3 is 5.73 Å². The lowest BCUT2D eigenvalue weighted by Crippen LogP contribution is -2.01. The molecule has 2 aromatic heterocycles. The van der Waals surface area contributed by atoms with Crippen molar-refractivity contribution in [3.63, 3.8) is 0 Å². The van der Waals surface area contributed by atoms with Crippen LogP contribution in [0.2, 0.25) is 0 Å². The van der Waals surface area contributed by atoms with Crippen LogP contribution in [0.4, 0.5) is 5.82 Å². The van der Waals surface area contributed by atoms with E-state index in [0.717, 1.165) is 29.1 Å². The van der Waals surface area contributed by atoms with Gasteiger partial charge in [-0.3, -0.25) is 9.67 Å². The number of aryl methyl sites for hydroxylation is 1. The molecule has 2 N–H and O–H groups in total. The number of nitrogens with zero attached hydrogens (tertiary/aromatic N) is 3. The van der Waals surface area contributed by atoms with Crippen LogP contribution < -0.4 is 5.73 Å². The van der Waals surface area contributed by atoms with Crippen LogP contribution in [0.5, 0.6) is 0 Å². The maximum Gasteiger partial charge on any atom is 0.129 e. The molecule has 0 radical (unpaired) electrons. The average molecular weight is 272 g/mol. The van der Waals surface area contributed by atoms with Crippen molar-refractivity contribution in [2.75, 3.05) is 5.73 Å². The van der Waals surface area contributed by atoms with Crippen molar-refractivity contribution in [1.82, 2.24) is 14.8 Å². The fraction of sp³-hybridized carbons (Fsp3) is 0.500. The summed E-state index contributed by atoms with van der Waals surface area (Å²) in [5.41, 5.74) is 9.56. The Kier molecular flexibility index (Phi) is 4.77. The molecule has 0 aromatic carbocycles. The minimum absolute atomic E-state index is 0.474. The van der Waals surface area contributed by atoms with E-state index in [0.29, 0.717) is 5.92 Å². The lowest BCUT2D eigenvalue weighted by atomic mass is 9.91. The fourth-order valence-corrected chi connectivity index (χ4v) is 2.64. The van der Waals surface area contributed by atoms with Gasteiger partial charge in [0.1, 0.15) is 5.82 Å². The summed E-state index contributed by atoms with van der Waals surface area (Å²) in [7, 11) is 1.91. The van der Waals surface area contributed by atoms with Crippen molar-refractivity contribution in [3.05, 3.63) is 30.2 Å². The molecule has 0 saturated heterocycles. The summed E-state index contributed by atoms with van der Waals surface area (Å²) >= 11 is 0. The van der Waals surface area contributed by atoms with E-state index < -0.39 is 0 Å². The second kappa shape index (κ2) is 6.55. The van der Waals surface area contributed by atoms with E-state index in [9.17, 15) is 0 Å². The van der Waals surface area contributed by atoms with Crippen LogP contribution in [-0.4, -0.2) is 14.8 Å². The van der Waals surface area contributed by atoms with Crippen molar-refractivity contribution in [2.24, 2.45) is 7.05 Å². The summed E-state index contributed by atoms with van der Waals surface area (Å²) in [6, 6.07) is 4.01. The van der Waals surface area contributed by atoms with Gasteiger partial charge in [-0.15, -0.1) is 0 Å². The van der Waals surface area contributed by atoms with Crippen LogP contribution in [-0.2, 0) is 7.05 Å². The van der Waals surface area contributed by atoms with Gasteiger partial charge in [0.2, 0.25) is 0 Å². The third kappa shape index (κ3) is 2.84. The second-order valence-corrected chi connectivity index (χ2v) is 5.25. The van der Waals surface area contributed by atoms with E-state index in [1.54, 1.807) is 17.1 Å². The number of rotatable bonds is 6. The molecule has 2 rings (SSSR count). The molecular formula is C16H24N4. The summed E-state index contributed by atoms with van der Waals surface area (Å²) in [5, 5.41) is 4.68. The van der Waals surface area contributed by atoms with E-state index in [1.807, 2.05) is 19.2 Å². The molecule has 20 heavy (non-hydrogen) atoms. The number of anilines is 1. The monoisotopic (exact) mass is 272 g/mol. The van der Waals surface area contributed by atoms with Crippen LogP contribution in [0.25, 0.3) is 11.1 Å². The van der Waals surface area contributed by atoms with E-state index in [1.165, 1.54) is 19.3 Å². The van der Waals surface area contributed by atoms with Crippen LogP contribution in [0.3, 0.4) is 0 Å². The van der Waals surface area contributed by atoms with Gasteiger partial charge in [0.05, 0.1) is 5.69 Å². The summed E-state index contributed by atoms with van der Waals surface area (Å²) in [5.74, 6) is 1.21. The molecule has 0 saturated carbocycles. The molecule has 0 aliphatic heterocycles. The molecule has 1 atom stereocenters. The third-order valence-electron chi connectivity index (χ3n) is 3.87. The molecule has 108 valence electrons. The van der Waals surface area contributed by atoms with E-state index in [2.05, 4.69) is 23.9 Å². The topological polar surface area (TPSA) is 56.7 Å². The number of nitrogen functional groups attached to an aromatic ring is 1. The van der Waals surface area contributed by atoms with Crippen LogP contribution in [0, 0.1) is 0 Å². The Hall–Kier alpha value is -1.84. The van der Waals surface area contributed by atoms with Crippen molar-refractivity contribution >= 4 is 5.82 Å². The van der Waals surface area contributed by atoms with E-state index in [4.69, 9.17) is 5.73 Å². The van der Waals surface area contributed by atoms with Crippen LogP contribution >= 0.6 is 0 Å². The predicted molar refractivity (Wildman–Crippen MR) is 83.4 cm³/mol. The Labute approximate surface area is 121 Å². The third-order valence-corrected chi connectivity index (χ3v) is 3.87. The molecule has 2 aromatic rings. The summed E-state index contributed by atoms with van der Waals surface area (Å²) in [4.78, 5) is 4.08. The minimum Gasteiger partial charge on any atom is -0.383 e. The minimum atomic E-state index is 0.474. The lowest BCUT2D eigenvalue weighted by molar-refractivity contribution is 0.549. The molecule has 1 unspecified atom stereocenters. The van der Waals surface area contributed by atoms with Gasteiger partial charge in [-0.2, -0.15) is 5.10 Å². The van der Waals surface area contributed by atoms with Gasteiger partial charge in [0, 0.05) is 30.9 Å². The van der Waals surface area contributed by atoms with Crippen molar-refractivity contribution < 1.29 is 0 Å². The van der Waals surface area contributed by atoms with Gasteiger partial charge in [-0.1, -0.05) is 26.7 Å². The normalized spacial score (nSPS) is 12.6. The SMILES string of the molecule is CCCCC(CC)c1nn(C)c(N)c1-c1ccncc1. The van der Waals surface area contributed by atoms with Crippen LogP contribution in [0.1, 0.15) is 51.1 Å². The van der Waals surface area contributed by atoms with Gasteiger partial charge in [0.25, 0.3) is 0 Å². The number of aromatic nitrogens is 3. The quantitative estimate of drug-likeness (QED) is 0.871. The predicted octanol–water partition coefficient (Wildman–Crippen LogP) is 3.75. The fourth-order valence-electron chi connectivity index (χ4n) is 2.64. The zero-order valence-electron chi connectivity index (χ0n) is 12.6. The molecule has 0 fully saturated rings. The molecule has 0 aliphatic rings. The highest BCUT2D eigenvalue weighted by molar-refractivity contribution is 5.76. The molecule has 4 heteroatoms. The number of hydrogen-bond donors (Lipinski definition) is 1. The molecule has 4 nitrogen and oxygen atoms in total. The summed E-state index contributed by atoms with van der Waals surface area (Å²) in [6.45, 7) is 4.45. The Bertz CT molecular complexity index is 545. The first-order chi connectivity index (χ1) is 9.69. The standard InChI is InChI=1S/C16H24N4/c1-4-6-7-12(5-2)15-14(16(17)20(3)19-15)13-8-10-18-11-9-13/h8-12H,4-7,17H2,1-3H3. The first kappa shape index (κ1) is 14.6. The van der Waals surface area contributed by atoms with Gasteiger partial charge in [0.15, 0.2) is 0 Å². The maximum atomic E-state index is 6.24. The highest BCUT2D eigenvalue weighted by Gasteiger charge is 2.21. The Balaban J connectivity index is 2.45. The van der Waals surface area contributed by atoms with E-state index >= 15 is 0 Å². The Morgan fingerprint density at radius 3 is 2.55 bits per heavy atom. The number of pyridine rings is 1. The highest BCUT2D eigenvalue weighted by atomic mass is 15.3. The molecular weight excluding hydrogens is 248 g/mol. The molecule has 2 heterocycles. The summed E-state index contributed by atoms with van der Waals surface area (Å²) in [6.07, 6.45) is 8.31. The second-order valence-electron chi connectivity index (χ2n) is 5.25. The smallest absolute Gasteiger partial charge is 0.129 e.